The monoisotopic (exact) mass is 285 g/mol. The van der Waals surface area contributed by atoms with E-state index in [4.69, 9.17) is 11.6 Å². The summed E-state index contributed by atoms with van der Waals surface area (Å²) in [5.74, 6) is 0.0509. The van der Waals surface area contributed by atoms with Gasteiger partial charge in [-0.25, -0.2) is 0 Å². The van der Waals surface area contributed by atoms with Crippen molar-refractivity contribution in [1.29, 1.82) is 0 Å². The first kappa shape index (κ1) is 13.2. The number of fused-ring (bicyclic) bond motifs is 1. The maximum Gasteiger partial charge on any atom is 0.228 e. The molecule has 1 heterocycles. The molecule has 1 aliphatic heterocycles. The lowest BCUT2D eigenvalue weighted by Crippen LogP contribution is -2.03. The van der Waals surface area contributed by atoms with Gasteiger partial charge in [0.1, 0.15) is 0 Å². The van der Waals surface area contributed by atoms with Gasteiger partial charge in [0.25, 0.3) is 0 Å². The van der Waals surface area contributed by atoms with Crippen LogP contribution in [0.5, 0.6) is 0 Å². The summed E-state index contributed by atoms with van der Waals surface area (Å²) in [6.45, 7) is 4.14. The van der Waals surface area contributed by atoms with Gasteiger partial charge in [0, 0.05) is 5.69 Å². The second kappa shape index (κ2) is 4.95. The molecule has 1 aliphatic rings. The van der Waals surface area contributed by atoms with Crippen molar-refractivity contribution in [3.8, 4) is 0 Å². The Labute approximate surface area is 123 Å². The number of aryl methyl sites for hydroxylation is 2. The third kappa shape index (κ3) is 2.32. The number of benzene rings is 2. The van der Waals surface area contributed by atoms with E-state index in [9.17, 15) is 4.79 Å². The number of hydrogen-bond donors (Lipinski definition) is 1. The summed E-state index contributed by atoms with van der Waals surface area (Å²) in [6.07, 6.45) is 0.444. The van der Waals surface area contributed by atoms with E-state index in [2.05, 4.69) is 37.4 Å². The molecule has 3 heteroatoms. The van der Waals surface area contributed by atoms with Gasteiger partial charge in [-0.3, -0.25) is 4.79 Å². The number of amides is 1. The van der Waals surface area contributed by atoms with Crippen LogP contribution in [0.1, 0.15) is 33.2 Å². The normalized spacial score (nSPS) is 14.8. The molecule has 0 fully saturated rings. The van der Waals surface area contributed by atoms with Crippen molar-refractivity contribution in [2.24, 2.45) is 0 Å². The van der Waals surface area contributed by atoms with Crippen molar-refractivity contribution in [3.63, 3.8) is 0 Å². The zero-order chi connectivity index (χ0) is 14.3. The minimum atomic E-state index is -0.184. The van der Waals surface area contributed by atoms with Gasteiger partial charge in [0.2, 0.25) is 5.91 Å². The average molecular weight is 286 g/mol. The van der Waals surface area contributed by atoms with E-state index in [1.807, 2.05) is 18.2 Å². The second-order valence-electron chi connectivity index (χ2n) is 5.36. The topological polar surface area (TPSA) is 29.1 Å². The molecule has 0 aliphatic carbocycles. The van der Waals surface area contributed by atoms with Crippen LogP contribution in [0.3, 0.4) is 0 Å². The third-order valence-electron chi connectivity index (χ3n) is 3.75. The van der Waals surface area contributed by atoms with Crippen LogP contribution in [0.25, 0.3) is 0 Å². The molecule has 0 radical (unpaired) electrons. The summed E-state index contributed by atoms with van der Waals surface area (Å²) in [5, 5.41) is 2.66. The second-order valence-corrected chi connectivity index (χ2v) is 5.80. The van der Waals surface area contributed by atoms with Gasteiger partial charge in [-0.15, -0.1) is 11.6 Å². The fourth-order valence-corrected chi connectivity index (χ4v) is 2.99. The van der Waals surface area contributed by atoms with Crippen LogP contribution in [-0.4, -0.2) is 5.91 Å². The number of anilines is 1. The molecule has 1 unspecified atom stereocenters. The maximum atomic E-state index is 11.4. The molecule has 0 aromatic heterocycles. The number of halogens is 1. The fraction of sp³-hybridized carbons (Fsp3) is 0.235. The van der Waals surface area contributed by atoms with Gasteiger partial charge < -0.3 is 5.32 Å². The zero-order valence-electron chi connectivity index (χ0n) is 11.5. The molecular weight excluding hydrogens is 270 g/mol. The molecule has 2 aromatic rings. The van der Waals surface area contributed by atoms with Crippen LogP contribution >= 0.6 is 11.6 Å². The van der Waals surface area contributed by atoms with Crippen molar-refractivity contribution < 1.29 is 4.79 Å². The molecule has 0 bridgehead atoms. The predicted octanol–water partition coefficient (Wildman–Crippen LogP) is 4.13. The molecule has 2 nitrogen and oxygen atoms in total. The summed E-state index contributed by atoms with van der Waals surface area (Å²) in [5.41, 5.74) is 6.49. The highest BCUT2D eigenvalue weighted by molar-refractivity contribution is 6.22. The van der Waals surface area contributed by atoms with Crippen LogP contribution in [0.2, 0.25) is 0 Å². The molecule has 1 atom stereocenters. The van der Waals surface area contributed by atoms with E-state index in [1.165, 1.54) is 11.1 Å². The minimum Gasteiger partial charge on any atom is -0.326 e. The highest BCUT2D eigenvalue weighted by Gasteiger charge is 2.20. The Hall–Kier alpha value is -1.80. The Morgan fingerprint density at radius 2 is 1.95 bits per heavy atom. The molecular formula is C17H16ClNO. The SMILES string of the molecule is Cc1ccc(C)c(C(Cl)c2ccc3c(c2)CC(=O)N3)c1. The van der Waals surface area contributed by atoms with Gasteiger partial charge in [0.15, 0.2) is 0 Å². The zero-order valence-corrected chi connectivity index (χ0v) is 12.3. The first-order valence-electron chi connectivity index (χ1n) is 6.68. The number of alkyl halides is 1. The molecule has 2 aromatic carbocycles. The van der Waals surface area contributed by atoms with Gasteiger partial charge in [0.05, 0.1) is 11.8 Å². The van der Waals surface area contributed by atoms with Gasteiger partial charge in [-0.1, -0.05) is 35.9 Å². The summed E-state index contributed by atoms with van der Waals surface area (Å²) >= 11 is 6.64. The smallest absolute Gasteiger partial charge is 0.228 e. The van der Waals surface area contributed by atoms with E-state index in [-0.39, 0.29) is 11.3 Å². The predicted molar refractivity (Wildman–Crippen MR) is 82.4 cm³/mol. The van der Waals surface area contributed by atoms with E-state index in [0.717, 1.165) is 22.4 Å². The van der Waals surface area contributed by atoms with Gasteiger partial charge in [-0.2, -0.15) is 0 Å². The largest absolute Gasteiger partial charge is 0.326 e. The number of nitrogens with one attached hydrogen (secondary N) is 1. The molecule has 102 valence electrons. The van der Waals surface area contributed by atoms with Crippen molar-refractivity contribution in [1.82, 2.24) is 0 Å². The lowest BCUT2D eigenvalue weighted by atomic mass is 9.96. The van der Waals surface area contributed by atoms with Crippen LogP contribution < -0.4 is 5.32 Å². The van der Waals surface area contributed by atoms with E-state index in [1.54, 1.807) is 0 Å². The summed E-state index contributed by atoms with van der Waals surface area (Å²) in [6, 6.07) is 12.3. The van der Waals surface area contributed by atoms with Crippen molar-refractivity contribution >= 4 is 23.2 Å². The molecule has 1 amide bonds. The highest BCUT2D eigenvalue weighted by atomic mass is 35.5. The molecule has 0 spiro atoms. The number of carbonyl (C=O) groups excluding carboxylic acids is 1. The van der Waals surface area contributed by atoms with E-state index in [0.29, 0.717) is 6.42 Å². The minimum absolute atomic E-state index is 0.0509. The van der Waals surface area contributed by atoms with E-state index >= 15 is 0 Å². The molecule has 0 saturated carbocycles. The number of hydrogen-bond acceptors (Lipinski definition) is 1. The number of rotatable bonds is 2. The first-order chi connectivity index (χ1) is 9.54. The van der Waals surface area contributed by atoms with Crippen LogP contribution in [-0.2, 0) is 11.2 Å². The van der Waals surface area contributed by atoms with Crippen LogP contribution in [0.15, 0.2) is 36.4 Å². The standard InChI is InChI=1S/C17H16ClNO/c1-10-3-4-11(2)14(7-10)17(18)12-5-6-15-13(8-12)9-16(20)19-15/h3-8,17H,9H2,1-2H3,(H,19,20). The molecule has 1 N–H and O–H groups in total. The summed E-state index contributed by atoms with van der Waals surface area (Å²) in [4.78, 5) is 11.4. The first-order valence-corrected chi connectivity index (χ1v) is 7.12. The van der Waals surface area contributed by atoms with Gasteiger partial charge >= 0.3 is 0 Å². The third-order valence-corrected chi connectivity index (χ3v) is 4.24. The van der Waals surface area contributed by atoms with Crippen molar-refractivity contribution in [3.05, 3.63) is 64.2 Å². The summed E-state index contributed by atoms with van der Waals surface area (Å²) < 4.78 is 0. The van der Waals surface area contributed by atoms with Crippen molar-refractivity contribution in [2.75, 3.05) is 5.32 Å². The van der Waals surface area contributed by atoms with Gasteiger partial charge in [-0.05, 0) is 42.2 Å². The van der Waals surface area contributed by atoms with Crippen LogP contribution in [0.4, 0.5) is 5.69 Å². The Balaban J connectivity index is 1.99. The molecule has 0 saturated heterocycles. The highest BCUT2D eigenvalue weighted by Crippen LogP contribution is 2.34. The summed E-state index contributed by atoms with van der Waals surface area (Å²) in [7, 11) is 0. The average Bonchev–Trinajstić information content (AvgIpc) is 2.79. The van der Waals surface area contributed by atoms with E-state index < -0.39 is 0 Å². The Morgan fingerprint density at radius 1 is 1.15 bits per heavy atom. The van der Waals surface area contributed by atoms with Crippen molar-refractivity contribution in [2.45, 2.75) is 25.6 Å². The molecule has 3 rings (SSSR count). The maximum absolute atomic E-state index is 11.4. The Kier molecular flexibility index (Phi) is 3.27. The Morgan fingerprint density at radius 3 is 2.75 bits per heavy atom. The number of carbonyl (C=O) groups is 1. The van der Waals surface area contributed by atoms with Crippen LogP contribution in [0, 0.1) is 13.8 Å². The Bertz CT molecular complexity index is 693. The molecule has 20 heavy (non-hydrogen) atoms. The quantitative estimate of drug-likeness (QED) is 0.826. The lowest BCUT2D eigenvalue weighted by molar-refractivity contribution is -0.115. The lowest BCUT2D eigenvalue weighted by Gasteiger charge is -2.15. The fourth-order valence-electron chi connectivity index (χ4n) is 2.62.